The van der Waals surface area contributed by atoms with Gasteiger partial charge in [-0.15, -0.1) is 0 Å². The second-order valence-electron chi connectivity index (χ2n) is 14.7. The summed E-state index contributed by atoms with van der Waals surface area (Å²) in [4.78, 5) is 0. The zero-order valence-electron chi connectivity index (χ0n) is 25.2. The van der Waals surface area contributed by atoms with E-state index in [0.717, 1.165) is 19.3 Å². The fraction of sp³-hybridized carbons (Fsp3) is 0.933. The lowest BCUT2D eigenvalue weighted by molar-refractivity contribution is -0.110. The standard InChI is InChI=1S/C30H54FO4PSi/c1-19(27(28(2,3)4)35-37(9)10)21-13-14-22-20-11-12-24-26(31)25(36(32,33-7)34-8)16-18-30(24,6)23(20)15-17-29(21,22)5/h19-24,27,37H,11-18H2,1-10H3/t19?,20-,21+,22-,23-,24-,27?,29+,30+/m0/s1. The number of rotatable bonds is 7. The maximum Gasteiger partial charge on any atom is 0.359 e. The molecule has 0 aromatic carbocycles. The molecule has 0 heterocycles. The highest BCUT2D eigenvalue weighted by atomic mass is 31.2. The number of hydrogen-bond acceptors (Lipinski definition) is 4. The first-order valence-electron chi connectivity index (χ1n) is 14.9. The molecule has 9 atom stereocenters. The summed E-state index contributed by atoms with van der Waals surface area (Å²) in [6, 6.07) is 0. The minimum atomic E-state index is -3.53. The largest absolute Gasteiger partial charge is 0.417 e. The van der Waals surface area contributed by atoms with Crippen molar-refractivity contribution in [1.29, 1.82) is 0 Å². The lowest BCUT2D eigenvalue weighted by atomic mass is 9.45. The van der Waals surface area contributed by atoms with Gasteiger partial charge in [0.1, 0.15) is 5.83 Å². The Morgan fingerprint density at radius 2 is 1.59 bits per heavy atom. The molecule has 0 aliphatic heterocycles. The van der Waals surface area contributed by atoms with Gasteiger partial charge in [0.25, 0.3) is 0 Å². The SMILES string of the molecule is COP(=O)(OC)C1=C(F)[C@@H]2CC[C@@H]3[C@H](CC[C@]4(C)[C@@H](C(C)C(O[SiH](C)C)C(C)(C)C)CC[C@@H]34)[C@@]2(C)CC1. The van der Waals surface area contributed by atoms with Crippen molar-refractivity contribution >= 4 is 16.6 Å². The Labute approximate surface area is 228 Å². The molecule has 4 rings (SSSR count). The average molecular weight is 557 g/mol. The quantitative estimate of drug-likeness (QED) is 0.232. The van der Waals surface area contributed by atoms with E-state index in [1.54, 1.807) is 0 Å². The van der Waals surface area contributed by atoms with Gasteiger partial charge in [0, 0.05) is 20.1 Å². The fourth-order valence-corrected chi connectivity index (χ4v) is 12.7. The lowest BCUT2D eigenvalue weighted by Gasteiger charge is -2.60. The van der Waals surface area contributed by atoms with Crippen molar-refractivity contribution < 1.29 is 22.4 Å². The van der Waals surface area contributed by atoms with Gasteiger partial charge in [0.15, 0.2) is 9.04 Å². The zero-order chi connectivity index (χ0) is 27.6. The van der Waals surface area contributed by atoms with Gasteiger partial charge in [-0.1, -0.05) is 41.5 Å². The van der Waals surface area contributed by atoms with E-state index < -0.39 is 16.6 Å². The van der Waals surface area contributed by atoms with Gasteiger partial charge >= 0.3 is 7.60 Å². The molecule has 3 fully saturated rings. The maximum absolute atomic E-state index is 16.0. The number of halogens is 1. The first kappa shape index (κ1) is 30.0. The van der Waals surface area contributed by atoms with Crippen LogP contribution in [0.15, 0.2) is 11.1 Å². The van der Waals surface area contributed by atoms with Crippen molar-refractivity contribution in [2.45, 2.75) is 112 Å². The molecular weight excluding hydrogens is 502 g/mol. The molecule has 0 spiro atoms. The Balaban J connectivity index is 1.59. The molecule has 0 bridgehead atoms. The Morgan fingerprint density at radius 1 is 0.973 bits per heavy atom. The molecular formula is C30H54FO4PSi. The van der Waals surface area contributed by atoms with Crippen LogP contribution < -0.4 is 0 Å². The highest BCUT2D eigenvalue weighted by Crippen LogP contribution is 2.71. The van der Waals surface area contributed by atoms with E-state index in [0.29, 0.717) is 52.8 Å². The molecule has 4 aliphatic carbocycles. The van der Waals surface area contributed by atoms with Gasteiger partial charge in [-0.25, -0.2) is 4.39 Å². The summed E-state index contributed by atoms with van der Waals surface area (Å²) in [7, 11) is -1.94. The van der Waals surface area contributed by atoms with Crippen LogP contribution in [0, 0.1) is 51.8 Å². The highest BCUT2D eigenvalue weighted by Gasteiger charge is 2.62. The molecule has 0 amide bonds. The molecule has 214 valence electrons. The number of hydrogen-bond donors (Lipinski definition) is 0. The average Bonchev–Trinajstić information content (AvgIpc) is 3.18. The molecule has 0 saturated heterocycles. The summed E-state index contributed by atoms with van der Waals surface area (Å²) in [6.45, 7) is 19.1. The predicted octanol–water partition coefficient (Wildman–Crippen LogP) is 8.97. The zero-order valence-corrected chi connectivity index (χ0v) is 27.3. The van der Waals surface area contributed by atoms with Crippen molar-refractivity contribution in [2.75, 3.05) is 14.2 Å². The summed E-state index contributed by atoms with van der Waals surface area (Å²) in [5.41, 5.74) is 0.403. The molecule has 0 N–H and O–H groups in total. The van der Waals surface area contributed by atoms with Gasteiger partial charge < -0.3 is 13.5 Å². The van der Waals surface area contributed by atoms with Crippen molar-refractivity contribution in [2.24, 2.45) is 51.8 Å². The number of allylic oxidation sites excluding steroid dienone is 2. The van der Waals surface area contributed by atoms with E-state index in [-0.39, 0.29) is 22.6 Å². The molecule has 0 radical (unpaired) electrons. The summed E-state index contributed by atoms with van der Waals surface area (Å²) in [6.07, 6.45) is 8.60. The van der Waals surface area contributed by atoms with Gasteiger partial charge in [-0.2, -0.15) is 0 Å². The van der Waals surface area contributed by atoms with Crippen LogP contribution in [-0.4, -0.2) is 29.4 Å². The minimum Gasteiger partial charge on any atom is -0.417 e. The van der Waals surface area contributed by atoms with Gasteiger partial charge in [-0.3, -0.25) is 4.57 Å². The molecule has 2 unspecified atom stereocenters. The Bertz CT molecular complexity index is 923. The second-order valence-corrected chi connectivity index (χ2v) is 19.4. The van der Waals surface area contributed by atoms with E-state index in [1.165, 1.54) is 39.9 Å². The first-order valence-corrected chi connectivity index (χ1v) is 19.2. The molecule has 0 aromatic heterocycles. The van der Waals surface area contributed by atoms with Gasteiger partial charge in [-0.05, 0) is 110 Å². The third-order valence-corrected chi connectivity index (χ3v) is 14.5. The molecule has 4 aliphatic rings. The summed E-state index contributed by atoms with van der Waals surface area (Å²) >= 11 is 0. The second kappa shape index (κ2) is 10.4. The van der Waals surface area contributed by atoms with Crippen LogP contribution in [0.2, 0.25) is 13.1 Å². The van der Waals surface area contributed by atoms with Crippen LogP contribution >= 0.6 is 7.60 Å². The van der Waals surface area contributed by atoms with Crippen LogP contribution in [-0.2, 0) is 18.0 Å². The third kappa shape index (κ3) is 4.92. The van der Waals surface area contributed by atoms with Gasteiger partial charge in [0.05, 0.1) is 11.4 Å². The Kier molecular flexibility index (Phi) is 8.45. The maximum atomic E-state index is 16.0. The molecule has 3 saturated carbocycles. The first-order chi connectivity index (χ1) is 17.1. The van der Waals surface area contributed by atoms with E-state index in [9.17, 15) is 4.57 Å². The van der Waals surface area contributed by atoms with Crippen LogP contribution in [0.5, 0.6) is 0 Å². The monoisotopic (exact) mass is 556 g/mol. The normalized spacial score (nSPS) is 40.3. The number of fused-ring (bicyclic) bond motifs is 5. The highest BCUT2D eigenvalue weighted by molar-refractivity contribution is 7.58. The smallest absolute Gasteiger partial charge is 0.359 e. The fourth-order valence-electron chi connectivity index (χ4n) is 10.0. The van der Waals surface area contributed by atoms with Crippen LogP contribution in [0.3, 0.4) is 0 Å². The van der Waals surface area contributed by atoms with Crippen LogP contribution in [0.25, 0.3) is 0 Å². The van der Waals surface area contributed by atoms with Gasteiger partial charge in [0.2, 0.25) is 0 Å². The summed E-state index contributed by atoms with van der Waals surface area (Å²) in [5, 5.41) is 0.302. The van der Waals surface area contributed by atoms with E-state index in [1.807, 2.05) is 0 Å². The van der Waals surface area contributed by atoms with Crippen molar-refractivity contribution in [1.82, 2.24) is 0 Å². The van der Waals surface area contributed by atoms with Crippen molar-refractivity contribution in [3.05, 3.63) is 11.1 Å². The Hall–Kier alpha value is -0.00312. The third-order valence-electron chi connectivity index (χ3n) is 11.6. The molecule has 7 heteroatoms. The van der Waals surface area contributed by atoms with Crippen molar-refractivity contribution in [3.8, 4) is 0 Å². The van der Waals surface area contributed by atoms with E-state index >= 15 is 4.39 Å². The van der Waals surface area contributed by atoms with E-state index in [2.05, 4.69) is 54.6 Å². The van der Waals surface area contributed by atoms with Crippen LogP contribution in [0.4, 0.5) is 4.39 Å². The molecule has 0 aromatic rings. The topological polar surface area (TPSA) is 44.8 Å². The predicted molar refractivity (Wildman–Crippen MR) is 153 cm³/mol. The molecule has 37 heavy (non-hydrogen) atoms. The lowest BCUT2D eigenvalue weighted by Crippen LogP contribution is -2.54. The van der Waals surface area contributed by atoms with E-state index in [4.69, 9.17) is 13.5 Å². The summed E-state index contributed by atoms with van der Waals surface area (Å²) < 4.78 is 46.3. The van der Waals surface area contributed by atoms with Crippen molar-refractivity contribution in [3.63, 3.8) is 0 Å². The summed E-state index contributed by atoms with van der Waals surface area (Å²) in [5.74, 6) is 2.79. The molecule has 4 nitrogen and oxygen atoms in total. The minimum absolute atomic E-state index is 0.0753. The van der Waals surface area contributed by atoms with Crippen LogP contribution in [0.1, 0.15) is 92.9 Å². The Morgan fingerprint density at radius 3 is 2.16 bits per heavy atom.